The van der Waals surface area contributed by atoms with Gasteiger partial charge in [-0.2, -0.15) is 10.2 Å². The van der Waals surface area contributed by atoms with Crippen molar-refractivity contribution in [2.24, 2.45) is 5.41 Å². The van der Waals surface area contributed by atoms with Crippen LogP contribution in [0.25, 0.3) is 0 Å². The molecule has 0 spiro atoms. The number of nitrogens with zero attached hydrogens (tertiary/aromatic N) is 2. The van der Waals surface area contributed by atoms with Gasteiger partial charge in [0, 0.05) is 0 Å². The zero-order valence-electron chi connectivity index (χ0n) is 12.5. The summed E-state index contributed by atoms with van der Waals surface area (Å²) in [6.07, 6.45) is 0.559. The van der Waals surface area contributed by atoms with E-state index in [1.807, 2.05) is 6.92 Å². The van der Waals surface area contributed by atoms with E-state index in [9.17, 15) is 14.7 Å². The Morgan fingerprint density at radius 1 is 1.35 bits per heavy atom. The number of hydrogen-bond donors (Lipinski definition) is 2. The molecule has 0 saturated carbocycles. The van der Waals surface area contributed by atoms with Crippen molar-refractivity contribution in [1.82, 2.24) is 15.5 Å². The number of rotatable bonds is 4. The molecule has 1 unspecified atom stereocenters. The Balaban J connectivity index is 3.07. The molecule has 0 aliphatic heterocycles. The zero-order chi connectivity index (χ0) is 15.5. The van der Waals surface area contributed by atoms with Gasteiger partial charge in [-0.25, -0.2) is 4.79 Å². The molecule has 1 amide bonds. The van der Waals surface area contributed by atoms with Gasteiger partial charge in [-0.05, 0) is 24.8 Å². The quantitative estimate of drug-likeness (QED) is 0.873. The third kappa shape index (κ3) is 3.76. The highest BCUT2D eigenvalue weighted by Gasteiger charge is 2.33. The van der Waals surface area contributed by atoms with Crippen LogP contribution in [-0.4, -0.2) is 33.2 Å². The van der Waals surface area contributed by atoms with E-state index in [1.165, 1.54) is 0 Å². The molecule has 0 aromatic carbocycles. The number of aliphatic carboxylic acids is 1. The van der Waals surface area contributed by atoms with Crippen LogP contribution in [-0.2, 0) is 11.2 Å². The third-order valence-electron chi connectivity index (χ3n) is 2.96. The van der Waals surface area contributed by atoms with E-state index in [0.29, 0.717) is 23.4 Å². The molecular weight excluding hydrogens is 258 g/mol. The van der Waals surface area contributed by atoms with Crippen LogP contribution >= 0.6 is 0 Å². The Hall–Kier alpha value is -1.98. The second-order valence-corrected chi connectivity index (χ2v) is 5.81. The van der Waals surface area contributed by atoms with E-state index in [4.69, 9.17) is 0 Å². The average Bonchev–Trinajstić information content (AvgIpc) is 2.33. The van der Waals surface area contributed by atoms with Gasteiger partial charge in [-0.1, -0.05) is 27.7 Å². The van der Waals surface area contributed by atoms with Gasteiger partial charge in [0.25, 0.3) is 5.91 Å². The highest BCUT2D eigenvalue weighted by atomic mass is 16.4. The van der Waals surface area contributed by atoms with Crippen molar-refractivity contribution < 1.29 is 14.7 Å². The molecule has 0 radical (unpaired) electrons. The van der Waals surface area contributed by atoms with Crippen molar-refractivity contribution in [3.63, 3.8) is 0 Å². The molecule has 0 aliphatic carbocycles. The summed E-state index contributed by atoms with van der Waals surface area (Å²) < 4.78 is 0. The lowest BCUT2D eigenvalue weighted by Gasteiger charge is -2.27. The molecule has 0 aliphatic rings. The van der Waals surface area contributed by atoms with Gasteiger partial charge < -0.3 is 10.4 Å². The van der Waals surface area contributed by atoms with Gasteiger partial charge >= 0.3 is 5.97 Å². The number of aryl methyl sites for hydroxylation is 2. The maximum Gasteiger partial charge on any atom is 0.326 e. The van der Waals surface area contributed by atoms with Crippen molar-refractivity contribution in [1.29, 1.82) is 0 Å². The fourth-order valence-electron chi connectivity index (χ4n) is 1.83. The van der Waals surface area contributed by atoms with Crippen molar-refractivity contribution in [3.8, 4) is 0 Å². The number of carboxylic acids is 1. The third-order valence-corrected chi connectivity index (χ3v) is 2.96. The Kier molecular flexibility index (Phi) is 4.81. The molecule has 2 N–H and O–H groups in total. The van der Waals surface area contributed by atoms with Crippen molar-refractivity contribution in [2.45, 2.75) is 47.1 Å². The Bertz CT molecular complexity index is 521. The van der Waals surface area contributed by atoms with Gasteiger partial charge in [-0.15, -0.1) is 0 Å². The standard InChI is InChI=1S/C14H21N3O3/c1-6-10-9(7-8(2)16-17-10)12(18)15-11(13(19)20)14(3,4)5/h7,11H,6H2,1-5H3,(H,15,18)(H,19,20). The molecule has 1 rings (SSSR count). The van der Waals surface area contributed by atoms with Crippen LogP contribution in [0.1, 0.15) is 49.4 Å². The van der Waals surface area contributed by atoms with E-state index < -0.39 is 23.3 Å². The summed E-state index contributed by atoms with van der Waals surface area (Å²) in [7, 11) is 0. The number of carbonyl (C=O) groups is 2. The van der Waals surface area contributed by atoms with Gasteiger partial charge in [0.1, 0.15) is 6.04 Å². The first kappa shape index (κ1) is 16.1. The van der Waals surface area contributed by atoms with Gasteiger partial charge in [0.2, 0.25) is 0 Å². The van der Waals surface area contributed by atoms with E-state index in [2.05, 4.69) is 15.5 Å². The first-order chi connectivity index (χ1) is 9.16. The molecule has 6 nitrogen and oxygen atoms in total. The first-order valence-electron chi connectivity index (χ1n) is 6.53. The van der Waals surface area contributed by atoms with Crippen LogP contribution in [0.5, 0.6) is 0 Å². The van der Waals surface area contributed by atoms with Gasteiger partial charge in [0.05, 0.1) is 17.0 Å². The number of amides is 1. The smallest absolute Gasteiger partial charge is 0.326 e. The molecule has 20 heavy (non-hydrogen) atoms. The van der Waals surface area contributed by atoms with E-state index in [1.54, 1.807) is 33.8 Å². The van der Waals surface area contributed by atoms with Crippen LogP contribution in [0.2, 0.25) is 0 Å². The Labute approximate surface area is 118 Å². The van der Waals surface area contributed by atoms with Crippen LogP contribution in [0.15, 0.2) is 6.07 Å². The Morgan fingerprint density at radius 2 is 1.95 bits per heavy atom. The molecular formula is C14H21N3O3. The number of hydrogen-bond acceptors (Lipinski definition) is 4. The van der Waals surface area contributed by atoms with Gasteiger partial charge in [0.15, 0.2) is 0 Å². The molecule has 0 fully saturated rings. The van der Waals surface area contributed by atoms with E-state index in [-0.39, 0.29) is 0 Å². The fourth-order valence-corrected chi connectivity index (χ4v) is 1.83. The number of carbonyl (C=O) groups excluding carboxylic acids is 1. The SMILES string of the molecule is CCc1nnc(C)cc1C(=O)NC(C(=O)O)C(C)(C)C. The van der Waals surface area contributed by atoms with E-state index >= 15 is 0 Å². The highest BCUT2D eigenvalue weighted by molar-refractivity contribution is 5.97. The lowest BCUT2D eigenvalue weighted by atomic mass is 9.86. The number of nitrogens with one attached hydrogen (secondary N) is 1. The summed E-state index contributed by atoms with van der Waals surface area (Å²) in [5, 5.41) is 19.7. The lowest BCUT2D eigenvalue weighted by molar-refractivity contribution is -0.142. The maximum absolute atomic E-state index is 12.3. The first-order valence-corrected chi connectivity index (χ1v) is 6.53. The molecule has 1 heterocycles. The highest BCUT2D eigenvalue weighted by Crippen LogP contribution is 2.20. The van der Waals surface area contributed by atoms with Crippen LogP contribution in [0, 0.1) is 12.3 Å². The normalized spacial score (nSPS) is 12.8. The molecule has 1 atom stereocenters. The monoisotopic (exact) mass is 279 g/mol. The molecule has 1 aromatic heterocycles. The summed E-state index contributed by atoms with van der Waals surface area (Å²) in [5.41, 5.74) is 0.986. The van der Waals surface area contributed by atoms with Crippen molar-refractivity contribution in [2.75, 3.05) is 0 Å². The fraction of sp³-hybridized carbons (Fsp3) is 0.571. The summed E-state index contributed by atoms with van der Waals surface area (Å²) >= 11 is 0. The average molecular weight is 279 g/mol. The predicted octanol–water partition coefficient (Wildman–Crippen LogP) is 1.58. The predicted molar refractivity (Wildman–Crippen MR) is 74.5 cm³/mol. The molecule has 6 heteroatoms. The van der Waals surface area contributed by atoms with E-state index in [0.717, 1.165) is 0 Å². The summed E-state index contributed by atoms with van der Waals surface area (Å²) in [4.78, 5) is 23.6. The molecule has 0 saturated heterocycles. The minimum atomic E-state index is -1.05. The van der Waals surface area contributed by atoms with Gasteiger partial charge in [-0.3, -0.25) is 4.79 Å². The van der Waals surface area contributed by atoms with Crippen LogP contribution in [0.4, 0.5) is 0 Å². The topological polar surface area (TPSA) is 92.2 Å². The minimum Gasteiger partial charge on any atom is -0.480 e. The molecule has 0 bridgehead atoms. The second kappa shape index (κ2) is 5.98. The number of carboxylic acid groups (broad SMARTS) is 1. The minimum absolute atomic E-state index is 0.385. The Morgan fingerprint density at radius 3 is 2.40 bits per heavy atom. The maximum atomic E-state index is 12.3. The number of aromatic nitrogens is 2. The zero-order valence-corrected chi connectivity index (χ0v) is 12.5. The summed E-state index contributed by atoms with van der Waals surface area (Å²) in [6, 6.07) is 0.663. The summed E-state index contributed by atoms with van der Waals surface area (Å²) in [6.45, 7) is 8.91. The van der Waals surface area contributed by atoms with Crippen LogP contribution in [0.3, 0.4) is 0 Å². The molecule has 1 aromatic rings. The summed E-state index contributed by atoms with van der Waals surface area (Å²) in [5.74, 6) is -1.48. The van der Waals surface area contributed by atoms with Crippen molar-refractivity contribution in [3.05, 3.63) is 23.0 Å². The molecule has 110 valence electrons. The largest absolute Gasteiger partial charge is 0.480 e. The van der Waals surface area contributed by atoms with Crippen molar-refractivity contribution >= 4 is 11.9 Å². The van der Waals surface area contributed by atoms with Crippen LogP contribution < -0.4 is 5.32 Å². The second-order valence-electron chi connectivity index (χ2n) is 5.81. The lowest BCUT2D eigenvalue weighted by Crippen LogP contribution is -2.49.